The molecule has 1 aliphatic heterocycles. The molecule has 126 valence electrons. The molecule has 0 saturated carbocycles. The summed E-state index contributed by atoms with van der Waals surface area (Å²) in [7, 11) is 0. The Morgan fingerprint density at radius 2 is 2.35 bits per heavy atom. The Balaban J connectivity index is 2.04. The number of benzene rings is 1. The van der Waals surface area contributed by atoms with Gasteiger partial charge in [0, 0.05) is 31.2 Å². The van der Waals surface area contributed by atoms with Crippen LogP contribution in [0.1, 0.15) is 24.2 Å². The van der Waals surface area contributed by atoms with Crippen LogP contribution >= 0.6 is 11.6 Å². The molecule has 1 amide bonds. The number of hydrogen-bond donors (Lipinski definition) is 1. The summed E-state index contributed by atoms with van der Waals surface area (Å²) >= 11 is 5.96. The van der Waals surface area contributed by atoms with Crippen molar-refractivity contribution < 1.29 is 14.5 Å². The maximum atomic E-state index is 12.3. The minimum atomic E-state index is -0.603. The lowest BCUT2D eigenvalue weighted by Gasteiger charge is -2.37. The van der Waals surface area contributed by atoms with Gasteiger partial charge in [-0.15, -0.1) is 0 Å². The molecule has 1 heterocycles. The average molecular weight is 342 g/mol. The number of amides is 1. The third-order valence-corrected chi connectivity index (χ3v) is 4.27. The van der Waals surface area contributed by atoms with E-state index >= 15 is 0 Å². The van der Waals surface area contributed by atoms with Crippen molar-refractivity contribution in [3.8, 4) is 0 Å². The van der Waals surface area contributed by atoms with Gasteiger partial charge in [-0.2, -0.15) is 0 Å². The Bertz CT molecular complexity index is 596. The summed E-state index contributed by atoms with van der Waals surface area (Å²) in [6.45, 7) is 6.57. The van der Waals surface area contributed by atoms with E-state index in [4.69, 9.17) is 16.3 Å². The molecule has 1 aromatic rings. The predicted molar refractivity (Wildman–Crippen MR) is 86.9 cm³/mol. The first-order valence-corrected chi connectivity index (χ1v) is 7.84. The number of nitrogens with one attached hydrogen (secondary N) is 1. The molecule has 1 aliphatic rings. The average Bonchev–Trinajstić information content (AvgIpc) is 2.52. The van der Waals surface area contributed by atoms with E-state index in [-0.39, 0.29) is 28.4 Å². The van der Waals surface area contributed by atoms with E-state index in [1.54, 1.807) is 0 Å². The zero-order valence-corrected chi connectivity index (χ0v) is 13.9. The van der Waals surface area contributed by atoms with Crippen LogP contribution in [0.3, 0.4) is 0 Å². The molecule has 23 heavy (non-hydrogen) atoms. The lowest BCUT2D eigenvalue weighted by molar-refractivity contribution is -0.385. The predicted octanol–water partition coefficient (Wildman–Crippen LogP) is 2.09. The summed E-state index contributed by atoms with van der Waals surface area (Å²) in [5, 5.41) is 13.9. The molecule has 2 rings (SSSR count). The number of nitrogens with zero attached hydrogens (tertiary/aromatic N) is 2. The maximum Gasteiger partial charge on any atom is 0.283 e. The van der Waals surface area contributed by atoms with Crippen LogP contribution in [0.5, 0.6) is 0 Å². The molecule has 0 aromatic heterocycles. The molecule has 0 bridgehead atoms. The lowest BCUT2D eigenvalue weighted by Crippen LogP contribution is -2.51. The quantitative estimate of drug-likeness (QED) is 0.654. The van der Waals surface area contributed by atoms with E-state index < -0.39 is 10.8 Å². The normalized spacial score (nSPS) is 20.0. The van der Waals surface area contributed by atoms with Gasteiger partial charge in [-0.3, -0.25) is 19.8 Å². The van der Waals surface area contributed by atoms with E-state index in [2.05, 4.69) is 17.1 Å². The molecule has 0 spiro atoms. The number of carbonyl (C=O) groups is 1. The first kappa shape index (κ1) is 17.7. The number of hydrogen-bond acceptors (Lipinski definition) is 5. The van der Waals surface area contributed by atoms with Gasteiger partial charge in [0.15, 0.2) is 0 Å². The first-order valence-electron chi connectivity index (χ1n) is 7.46. The fraction of sp³-hybridized carbons (Fsp3) is 0.533. The highest BCUT2D eigenvalue weighted by molar-refractivity contribution is 6.34. The smallest absolute Gasteiger partial charge is 0.283 e. The van der Waals surface area contributed by atoms with Crippen LogP contribution in [0, 0.1) is 10.1 Å². The third-order valence-electron chi connectivity index (χ3n) is 3.96. The van der Waals surface area contributed by atoms with E-state index in [0.717, 1.165) is 6.54 Å². The van der Waals surface area contributed by atoms with E-state index in [1.807, 2.05) is 6.92 Å². The standard InChI is InChI=1S/C15H20ClN3O4/c1-10(18-6-7-23-9-11(18)2)8-17-15(20)14-12(16)4-3-5-13(14)19(21)22/h3-5,10-11H,6-9H2,1-2H3,(H,17,20)/t10-,11-/m1/s1. The molecule has 0 radical (unpaired) electrons. The van der Waals surface area contributed by atoms with Crippen molar-refractivity contribution in [1.29, 1.82) is 0 Å². The van der Waals surface area contributed by atoms with E-state index in [0.29, 0.717) is 19.8 Å². The Kier molecular flexibility index (Phi) is 5.92. The highest BCUT2D eigenvalue weighted by Crippen LogP contribution is 2.26. The largest absolute Gasteiger partial charge is 0.379 e. The molecule has 2 atom stereocenters. The maximum absolute atomic E-state index is 12.3. The van der Waals surface area contributed by atoms with Gasteiger partial charge in [0.05, 0.1) is 23.2 Å². The minimum Gasteiger partial charge on any atom is -0.379 e. The molecular weight excluding hydrogens is 322 g/mol. The third kappa shape index (κ3) is 4.19. The van der Waals surface area contributed by atoms with Gasteiger partial charge < -0.3 is 10.1 Å². The molecule has 1 fully saturated rings. The molecule has 8 heteroatoms. The molecule has 7 nitrogen and oxygen atoms in total. The van der Waals surface area contributed by atoms with Gasteiger partial charge >= 0.3 is 0 Å². The van der Waals surface area contributed by atoms with Gasteiger partial charge in [0.25, 0.3) is 11.6 Å². The second kappa shape index (κ2) is 7.72. The minimum absolute atomic E-state index is 0.0732. The van der Waals surface area contributed by atoms with E-state index in [1.165, 1.54) is 18.2 Å². The van der Waals surface area contributed by atoms with E-state index in [9.17, 15) is 14.9 Å². The highest BCUT2D eigenvalue weighted by Gasteiger charge is 2.26. The van der Waals surface area contributed by atoms with Crippen molar-refractivity contribution in [2.75, 3.05) is 26.3 Å². The van der Waals surface area contributed by atoms with Gasteiger partial charge in [0.1, 0.15) is 5.56 Å². The number of ether oxygens (including phenoxy) is 1. The summed E-state index contributed by atoms with van der Waals surface area (Å²) in [6, 6.07) is 4.56. The number of nitro groups is 1. The molecule has 0 unspecified atom stereocenters. The molecular formula is C15H20ClN3O4. The van der Waals surface area contributed by atoms with Gasteiger partial charge in [0.2, 0.25) is 0 Å². The fourth-order valence-electron chi connectivity index (χ4n) is 2.73. The Labute approximate surface area is 139 Å². The number of nitro benzene ring substituents is 1. The highest BCUT2D eigenvalue weighted by atomic mass is 35.5. The van der Waals surface area contributed by atoms with Crippen molar-refractivity contribution in [3.63, 3.8) is 0 Å². The fourth-order valence-corrected chi connectivity index (χ4v) is 2.99. The second-order valence-electron chi connectivity index (χ2n) is 5.61. The summed E-state index contributed by atoms with van der Waals surface area (Å²) in [6.07, 6.45) is 0. The van der Waals surface area contributed by atoms with Gasteiger partial charge in [-0.1, -0.05) is 17.7 Å². The number of rotatable bonds is 5. The van der Waals surface area contributed by atoms with Crippen molar-refractivity contribution in [1.82, 2.24) is 10.2 Å². The molecule has 1 N–H and O–H groups in total. The first-order chi connectivity index (χ1) is 10.9. The van der Waals surface area contributed by atoms with Crippen LogP contribution in [0.4, 0.5) is 5.69 Å². The van der Waals surface area contributed by atoms with Crippen molar-refractivity contribution in [2.45, 2.75) is 25.9 Å². The molecule has 1 aromatic carbocycles. The number of morpholine rings is 1. The summed E-state index contributed by atoms with van der Waals surface area (Å²) in [5.74, 6) is -0.532. The molecule has 0 aliphatic carbocycles. The summed E-state index contributed by atoms with van der Waals surface area (Å²) in [4.78, 5) is 25.0. The van der Waals surface area contributed by atoms with Crippen molar-refractivity contribution in [2.24, 2.45) is 0 Å². The molecule has 1 saturated heterocycles. The van der Waals surface area contributed by atoms with Crippen LogP contribution in [0.15, 0.2) is 18.2 Å². The van der Waals surface area contributed by atoms with Crippen molar-refractivity contribution >= 4 is 23.2 Å². The number of halogens is 1. The Morgan fingerprint density at radius 1 is 1.61 bits per heavy atom. The van der Waals surface area contributed by atoms with Gasteiger partial charge in [-0.05, 0) is 19.9 Å². The summed E-state index contributed by atoms with van der Waals surface area (Å²) < 4.78 is 5.39. The van der Waals surface area contributed by atoms with Gasteiger partial charge in [-0.25, -0.2) is 0 Å². The van der Waals surface area contributed by atoms with Crippen LogP contribution in [0.25, 0.3) is 0 Å². The second-order valence-corrected chi connectivity index (χ2v) is 6.02. The summed E-state index contributed by atoms with van der Waals surface area (Å²) in [5.41, 5.74) is -0.385. The Morgan fingerprint density at radius 3 is 3.00 bits per heavy atom. The van der Waals surface area contributed by atoms with Crippen LogP contribution in [0.2, 0.25) is 5.02 Å². The lowest BCUT2D eigenvalue weighted by atomic mass is 10.1. The zero-order valence-electron chi connectivity index (χ0n) is 13.1. The Hall–Kier alpha value is -1.70. The zero-order chi connectivity index (χ0) is 17.0. The van der Waals surface area contributed by atoms with Crippen molar-refractivity contribution in [3.05, 3.63) is 38.9 Å². The SMILES string of the molecule is C[C@H](CNC(=O)c1c(Cl)cccc1[N+](=O)[O-])N1CCOC[C@H]1C. The van der Waals surface area contributed by atoms with Crippen LogP contribution < -0.4 is 5.32 Å². The number of carbonyl (C=O) groups excluding carboxylic acids is 1. The van der Waals surface area contributed by atoms with Crippen LogP contribution in [-0.2, 0) is 4.74 Å². The topological polar surface area (TPSA) is 84.7 Å². The monoisotopic (exact) mass is 341 g/mol. The van der Waals surface area contributed by atoms with Crippen LogP contribution in [-0.4, -0.2) is 54.1 Å².